The van der Waals surface area contributed by atoms with E-state index in [1.807, 2.05) is 13.0 Å². The lowest BCUT2D eigenvalue weighted by Crippen LogP contribution is -2.13. The Morgan fingerprint density at radius 2 is 1.79 bits per heavy atom. The molecular weight excluding hydrogens is 236 g/mol. The SMILES string of the molecule is CCCNc1nc(C)cc(NC2C(C)(C)C2(C)C)n1. The van der Waals surface area contributed by atoms with E-state index in [1.165, 1.54) is 0 Å². The summed E-state index contributed by atoms with van der Waals surface area (Å²) in [5.41, 5.74) is 1.61. The lowest BCUT2D eigenvalue weighted by Gasteiger charge is -2.10. The molecule has 0 aromatic carbocycles. The Balaban J connectivity index is 2.11. The fraction of sp³-hybridized carbons (Fsp3) is 0.733. The van der Waals surface area contributed by atoms with Crippen molar-refractivity contribution in [1.82, 2.24) is 9.97 Å². The number of aryl methyl sites for hydroxylation is 1. The molecule has 0 bridgehead atoms. The number of aromatic nitrogens is 2. The second kappa shape index (κ2) is 4.66. The molecule has 0 aliphatic heterocycles. The average molecular weight is 262 g/mol. The third-order valence-corrected chi connectivity index (χ3v) is 4.70. The van der Waals surface area contributed by atoms with Gasteiger partial charge in [-0.1, -0.05) is 34.6 Å². The normalized spacial score (nSPS) is 20.1. The van der Waals surface area contributed by atoms with Crippen LogP contribution in [0.4, 0.5) is 11.8 Å². The molecule has 1 aliphatic carbocycles. The number of rotatable bonds is 5. The quantitative estimate of drug-likeness (QED) is 0.853. The van der Waals surface area contributed by atoms with Gasteiger partial charge in [0.05, 0.1) is 0 Å². The van der Waals surface area contributed by atoms with E-state index in [1.54, 1.807) is 0 Å². The number of hydrogen-bond donors (Lipinski definition) is 2. The zero-order valence-corrected chi connectivity index (χ0v) is 13.0. The van der Waals surface area contributed by atoms with Crippen molar-refractivity contribution in [3.05, 3.63) is 11.8 Å². The van der Waals surface area contributed by atoms with Crippen LogP contribution in [0.25, 0.3) is 0 Å². The maximum atomic E-state index is 4.55. The zero-order valence-electron chi connectivity index (χ0n) is 13.0. The van der Waals surface area contributed by atoms with E-state index in [4.69, 9.17) is 0 Å². The fourth-order valence-electron chi connectivity index (χ4n) is 2.66. The third kappa shape index (κ3) is 2.53. The number of anilines is 2. The molecule has 2 N–H and O–H groups in total. The summed E-state index contributed by atoms with van der Waals surface area (Å²) in [5, 5.41) is 6.81. The summed E-state index contributed by atoms with van der Waals surface area (Å²) in [6.07, 6.45) is 1.07. The molecule has 1 aliphatic rings. The summed E-state index contributed by atoms with van der Waals surface area (Å²) < 4.78 is 0. The van der Waals surface area contributed by atoms with Crippen LogP contribution < -0.4 is 10.6 Å². The highest BCUT2D eigenvalue weighted by molar-refractivity contribution is 5.46. The van der Waals surface area contributed by atoms with Gasteiger partial charge in [0.25, 0.3) is 0 Å². The van der Waals surface area contributed by atoms with Gasteiger partial charge in [-0.05, 0) is 24.2 Å². The Kier molecular flexibility index (Phi) is 3.45. The first-order valence-electron chi connectivity index (χ1n) is 7.15. The average Bonchev–Trinajstić information content (AvgIpc) is 2.68. The molecule has 1 fully saturated rings. The molecule has 1 saturated carbocycles. The van der Waals surface area contributed by atoms with Crippen LogP contribution in [0.3, 0.4) is 0 Å². The predicted octanol–water partition coefficient (Wildman–Crippen LogP) is 3.45. The predicted molar refractivity (Wildman–Crippen MR) is 80.5 cm³/mol. The minimum Gasteiger partial charge on any atom is -0.366 e. The van der Waals surface area contributed by atoms with Gasteiger partial charge in [0.2, 0.25) is 5.95 Å². The van der Waals surface area contributed by atoms with Crippen LogP contribution in [-0.2, 0) is 0 Å². The first-order chi connectivity index (χ1) is 8.79. The summed E-state index contributed by atoms with van der Waals surface area (Å²) in [4.78, 5) is 8.96. The molecule has 106 valence electrons. The van der Waals surface area contributed by atoms with Crippen LogP contribution in [0.2, 0.25) is 0 Å². The first kappa shape index (κ1) is 14.1. The topological polar surface area (TPSA) is 49.8 Å². The number of hydrogen-bond acceptors (Lipinski definition) is 4. The van der Waals surface area contributed by atoms with E-state index in [0.717, 1.165) is 30.4 Å². The van der Waals surface area contributed by atoms with Crippen molar-refractivity contribution < 1.29 is 0 Å². The van der Waals surface area contributed by atoms with Gasteiger partial charge in [-0.2, -0.15) is 4.98 Å². The van der Waals surface area contributed by atoms with Crippen molar-refractivity contribution in [1.29, 1.82) is 0 Å². The van der Waals surface area contributed by atoms with Crippen molar-refractivity contribution >= 4 is 11.8 Å². The Morgan fingerprint density at radius 1 is 1.16 bits per heavy atom. The Hall–Kier alpha value is -1.32. The molecule has 0 amide bonds. The van der Waals surface area contributed by atoms with Gasteiger partial charge in [-0.15, -0.1) is 0 Å². The second-order valence-corrected chi connectivity index (χ2v) is 6.67. The van der Waals surface area contributed by atoms with Gasteiger partial charge in [0, 0.05) is 24.3 Å². The Morgan fingerprint density at radius 3 is 2.32 bits per heavy atom. The Bertz CT molecular complexity index is 451. The molecule has 0 unspecified atom stereocenters. The highest BCUT2D eigenvalue weighted by Crippen LogP contribution is 2.63. The second-order valence-electron chi connectivity index (χ2n) is 6.67. The molecule has 4 heteroatoms. The molecule has 1 aromatic heterocycles. The monoisotopic (exact) mass is 262 g/mol. The molecule has 0 radical (unpaired) electrons. The summed E-state index contributed by atoms with van der Waals surface area (Å²) >= 11 is 0. The van der Waals surface area contributed by atoms with Crippen LogP contribution >= 0.6 is 0 Å². The minimum atomic E-state index is 0.308. The van der Waals surface area contributed by atoms with Gasteiger partial charge in [0.1, 0.15) is 5.82 Å². The van der Waals surface area contributed by atoms with E-state index >= 15 is 0 Å². The van der Waals surface area contributed by atoms with Crippen LogP contribution in [0.15, 0.2) is 6.07 Å². The van der Waals surface area contributed by atoms with E-state index in [0.29, 0.717) is 16.9 Å². The van der Waals surface area contributed by atoms with Gasteiger partial charge < -0.3 is 10.6 Å². The molecule has 4 nitrogen and oxygen atoms in total. The highest BCUT2D eigenvalue weighted by atomic mass is 15.2. The van der Waals surface area contributed by atoms with E-state index in [2.05, 4.69) is 55.2 Å². The Labute approximate surface area is 116 Å². The van der Waals surface area contributed by atoms with Crippen LogP contribution in [0, 0.1) is 17.8 Å². The maximum absolute atomic E-state index is 4.55. The lowest BCUT2D eigenvalue weighted by molar-refractivity contribution is 0.457. The molecule has 0 atom stereocenters. The van der Waals surface area contributed by atoms with Crippen molar-refractivity contribution in [2.45, 2.75) is 54.0 Å². The molecule has 2 rings (SSSR count). The smallest absolute Gasteiger partial charge is 0.224 e. The standard InChI is InChI=1S/C15H26N4/c1-7-8-16-13-17-10(2)9-11(19-13)18-12-14(3,4)15(12,5)6/h9,12H,7-8H2,1-6H3,(H2,16,17,18,19). The van der Waals surface area contributed by atoms with Gasteiger partial charge in [-0.25, -0.2) is 4.98 Å². The molecule has 0 saturated heterocycles. The molecule has 19 heavy (non-hydrogen) atoms. The van der Waals surface area contributed by atoms with Crippen LogP contribution in [0.1, 0.15) is 46.7 Å². The molecule has 1 aromatic rings. The van der Waals surface area contributed by atoms with E-state index < -0.39 is 0 Å². The van der Waals surface area contributed by atoms with Crippen molar-refractivity contribution in [3.63, 3.8) is 0 Å². The van der Waals surface area contributed by atoms with Gasteiger partial charge in [0.15, 0.2) is 0 Å². The van der Waals surface area contributed by atoms with E-state index in [9.17, 15) is 0 Å². The first-order valence-corrected chi connectivity index (χ1v) is 7.15. The van der Waals surface area contributed by atoms with Gasteiger partial charge >= 0.3 is 0 Å². The highest BCUT2D eigenvalue weighted by Gasteiger charge is 2.65. The van der Waals surface area contributed by atoms with E-state index in [-0.39, 0.29) is 0 Å². The van der Waals surface area contributed by atoms with Crippen LogP contribution in [0.5, 0.6) is 0 Å². The zero-order chi connectivity index (χ0) is 14.3. The third-order valence-electron chi connectivity index (χ3n) is 4.70. The van der Waals surface area contributed by atoms with Crippen molar-refractivity contribution in [2.24, 2.45) is 10.8 Å². The summed E-state index contributed by atoms with van der Waals surface area (Å²) in [6.45, 7) is 14.3. The summed E-state index contributed by atoms with van der Waals surface area (Å²) in [5.74, 6) is 1.65. The van der Waals surface area contributed by atoms with Crippen molar-refractivity contribution in [3.8, 4) is 0 Å². The largest absolute Gasteiger partial charge is 0.366 e. The van der Waals surface area contributed by atoms with Crippen LogP contribution in [-0.4, -0.2) is 22.6 Å². The van der Waals surface area contributed by atoms with Gasteiger partial charge in [-0.3, -0.25) is 0 Å². The lowest BCUT2D eigenvalue weighted by atomic mass is 10.0. The maximum Gasteiger partial charge on any atom is 0.224 e. The molecular formula is C15H26N4. The summed E-state index contributed by atoms with van der Waals surface area (Å²) in [6, 6.07) is 2.48. The number of nitrogens with zero attached hydrogens (tertiary/aromatic N) is 2. The number of nitrogens with one attached hydrogen (secondary N) is 2. The molecule has 1 heterocycles. The minimum absolute atomic E-state index is 0.308. The molecule has 0 spiro atoms. The summed E-state index contributed by atoms with van der Waals surface area (Å²) in [7, 11) is 0. The van der Waals surface area contributed by atoms with Crippen molar-refractivity contribution in [2.75, 3.05) is 17.2 Å². The fourth-order valence-corrected chi connectivity index (χ4v) is 2.66.